The molecule has 7 heteroatoms. The summed E-state index contributed by atoms with van der Waals surface area (Å²) in [6.07, 6.45) is 19.3. The second kappa shape index (κ2) is 16.1. The average molecular weight is 731 g/mol. The molecule has 0 bridgehead atoms. The smallest absolute Gasteiger partial charge is 0.136 e. The van der Waals surface area contributed by atoms with E-state index in [-0.39, 0.29) is 10.8 Å². The molecule has 1 aliphatic rings. The Morgan fingerprint density at radius 1 is 0.596 bits per heavy atom. The van der Waals surface area contributed by atoms with E-state index in [2.05, 4.69) is 91.1 Å². The Morgan fingerprint density at radius 3 is 1.77 bits per heavy atom. The number of aromatic nitrogens is 2. The van der Waals surface area contributed by atoms with E-state index in [0.29, 0.717) is 0 Å². The summed E-state index contributed by atoms with van der Waals surface area (Å²) < 4.78 is 1.51. The first-order valence-corrected chi connectivity index (χ1v) is 24.2. The number of unbranched alkanes of at least 4 members (excludes halogenated alkanes) is 9. The number of hydrogen-bond donors (Lipinski definition) is 0. The van der Waals surface area contributed by atoms with Gasteiger partial charge in [-0.3, -0.25) is 0 Å². The fraction of sp³-hybridized carbons (Fsp3) is 0.700. The van der Waals surface area contributed by atoms with Crippen LogP contribution >= 0.6 is 55.4 Å². The van der Waals surface area contributed by atoms with Crippen molar-refractivity contribution in [1.82, 2.24) is 9.97 Å². The Balaban J connectivity index is 1.65. The van der Waals surface area contributed by atoms with Gasteiger partial charge in [-0.1, -0.05) is 120 Å². The van der Waals surface area contributed by atoms with Crippen molar-refractivity contribution in [2.24, 2.45) is 0 Å². The van der Waals surface area contributed by atoms with Crippen molar-refractivity contribution in [3.8, 4) is 19.6 Å². The van der Waals surface area contributed by atoms with Crippen molar-refractivity contribution in [2.45, 2.75) is 180 Å². The number of thiazole rings is 2. The van der Waals surface area contributed by atoms with Crippen LogP contribution in [-0.4, -0.2) is 21.5 Å². The van der Waals surface area contributed by atoms with Crippen LogP contribution < -0.4 is 0 Å². The molecule has 0 spiro atoms. The third-order valence-electron chi connectivity index (χ3n) is 10.7. The highest BCUT2D eigenvalue weighted by Crippen LogP contribution is 2.74. The largest absolute Gasteiger partial charge is 0.235 e. The molecule has 0 aliphatic carbocycles. The summed E-state index contributed by atoms with van der Waals surface area (Å²) in [6.45, 7) is 21.4. The molecule has 0 amide bonds. The summed E-state index contributed by atoms with van der Waals surface area (Å²) in [7, 11) is -1.26. The Bertz CT molecular complexity index is 1580. The molecule has 0 unspecified atom stereocenters. The molecule has 2 nitrogen and oxygen atoms in total. The lowest BCUT2D eigenvalue weighted by Crippen LogP contribution is -2.16. The van der Waals surface area contributed by atoms with Gasteiger partial charge in [0.1, 0.15) is 20.1 Å². The highest BCUT2D eigenvalue weighted by Gasteiger charge is 2.46. The summed E-state index contributed by atoms with van der Waals surface area (Å²) in [4.78, 5) is 19.0. The second-order valence-corrected chi connectivity index (χ2v) is 22.7. The lowest BCUT2D eigenvalue weighted by Gasteiger charge is -2.35. The van der Waals surface area contributed by atoms with Crippen LogP contribution in [0.25, 0.3) is 29.7 Å². The van der Waals surface area contributed by atoms with Gasteiger partial charge < -0.3 is 0 Å². The maximum absolute atomic E-state index is 5.82. The van der Waals surface area contributed by atoms with Crippen LogP contribution in [0.2, 0.25) is 0 Å². The highest BCUT2D eigenvalue weighted by molar-refractivity contribution is 8.34. The number of rotatable bonds is 20. The molecule has 262 valence electrons. The number of fused-ring (bicyclic) bond motifs is 4. The molecule has 47 heavy (non-hydrogen) atoms. The van der Waals surface area contributed by atoms with E-state index in [4.69, 9.17) is 9.97 Å². The molecular weight excluding hydrogens is 669 g/mol. The molecule has 5 heterocycles. The van der Waals surface area contributed by atoms with Gasteiger partial charge in [-0.2, -0.15) is 10.0 Å². The van der Waals surface area contributed by atoms with Gasteiger partial charge in [-0.25, -0.2) is 9.97 Å². The molecule has 0 aromatic carbocycles. The first-order valence-electron chi connectivity index (χ1n) is 18.9. The number of hydrogen-bond acceptors (Lipinski definition) is 6. The quantitative estimate of drug-likeness (QED) is 0.0846. The third-order valence-corrected chi connectivity index (χ3v) is 20.7. The van der Waals surface area contributed by atoms with Crippen molar-refractivity contribution in [2.75, 3.05) is 11.5 Å². The highest BCUT2D eigenvalue weighted by atomic mass is 32.3. The van der Waals surface area contributed by atoms with Gasteiger partial charge in [0.2, 0.25) is 0 Å². The summed E-state index contributed by atoms with van der Waals surface area (Å²) in [6, 6.07) is 2.57. The summed E-state index contributed by atoms with van der Waals surface area (Å²) in [5, 5.41) is 7.10. The standard InChI is InChI=1S/C40H62N2S5/c1-10-15-18-21-24-28-27-29-30(43-28)31(44-34(29)39(6,7)13-4)35-41-36-32(45-35)33-37(42-38(46-33)40(8,9)14-5)47(36,25-22-19-16-11-2)26-23-20-17-12-3/h27H,10-26H2,1-9H3. The van der Waals surface area contributed by atoms with E-state index >= 15 is 0 Å². The Kier molecular flexibility index (Phi) is 12.8. The number of aryl methyl sites for hydroxylation is 1. The Hall–Kier alpha value is -0.730. The van der Waals surface area contributed by atoms with Crippen LogP contribution in [0.1, 0.15) is 167 Å². The molecule has 0 saturated heterocycles. The maximum atomic E-state index is 5.82. The minimum atomic E-state index is -1.26. The molecule has 0 saturated carbocycles. The van der Waals surface area contributed by atoms with Crippen molar-refractivity contribution in [3.63, 3.8) is 0 Å². The Morgan fingerprint density at radius 2 is 1.17 bits per heavy atom. The molecule has 4 aromatic rings. The first kappa shape index (κ1) is 37.5. The van der Waals surface area contributed by atoms with Crippen LogP contribution in [0.4, 0.5) is 0 Å². The lowest BCUT2D eigenvalue weighted by molar-refractivity contribution is 0.500. The third kappa shape index (κ3) is 7.65. The SMILES string of the molecule is CCCCCCc1cc2c(C(C)(C)CC)sc(-c3nc4c(s3)-c3sc(C(C)(C)CC)nc3S4(CCCCCC)CCCCCC)c2s1. The molecule has 4 aromatic heterocycles. The molecule has 0 N–H and O–H groups in total. The van der Waals surface area contributed by atoms with E-state index < -0.39 is 10.0 Å². The van der Waals surface area contributed by atoms with Gasteiger partial charge in [0.25, 0.3) is 0 Å². The number of thiophene rings is 2. The van der Waals surface area contributed by atoms with Crippen molar-refractivity contribution >= 4 is 65.5 Å². The molecule has 5 rings (SSSR count). The van der Waals surface area contributed by atoms with Crippen molar-refractivity contribution in [1.29, 1.82) is 0 Å². The van der Waals surface area contributed by atoms with Crippen LogP contribution in [0, 0.1) is 0 Å². The molecule has 1 aliphatic heterocycles. The molecule has 0 radical (unpaired) electrons. The average Bonchev–Trinajstić information content (AvgIpc) is 3.86. The normalized spacial score (nSPS) is 15.1. The zero-order valence-corrected chi connectivity index (χ0v) is 35.1. The maximum Gasteiger partial charge on any atom is 0.136 e. The van der Waals surface area contributed by atoms with Crippen molar-refractivity contribution < 1.29 is 0 Å². The topological polar surface area (TPSA) is 25.8 Å². The van der Waals surface area contributed by atoms with E-state index in [1.54, 1.807) is 9.75 Å². The van der Waals surface area contributed by atoms with E-state index in [1.165, 1.54) is 140 Å². The van der Waals surface area contributed by atoms with Crippen LogP contribution in [-0.2, 0) is 17.3 Å². The van der Waals surface area contributed by atoms with Gasteiger partial charge in [-0.15, -0.1) is 45.3 Å². The van der Waals surface area contributed by atoms with Gasteiger partial charge in [-0.05, 0) is 61.5 Å². The zero-order chi connectivity index (χ0) is 33.8. The van der Waals surface area contributed by atoms with E-state index in [0.717, 1.165) is 12.8 Å². The summed E-state index contributed by atoms with van der Waals surface area (Å²) in [5.41, 5.74) is 0.282. The number of nitrogens with zero attached hydrogens (tertiary/aromatic N) is 2. The second-order valence-electron chi connectivity index (χ2n) is 15.2. The molecular formula is C40H62N2S5. The van der Waals surface area contributed by atoms with Crippen LogP contribution in [0.15, 0.2) is 16.1 Å². The monoisotopic (exact) mass is 730 g/mol. The van der Waals surface area contributed by atoms with Crippen molar-refractivity contribution in [3.05, 3.63) is 20.8 Å². The van der Waals surface area contributed by atoms with Gasteiger partial charge in [0, 0.05) is 20.6 Å². The van der Waals surface area contributed by atoms with Gasteiger partial charge in [0.05, 0.1) is 19.3 Å². The van der Waals surface area contributed by atoms with Crippen LogP contribution in [0.3, 0.4) is 0 Å². The fourth-order valence-electron chi connectivity index (χ4n) is 6.73. The predicted octanol–water partition coefficient (Wildman–Crippen LogP) is 15.4. The van der Waals surface area contributed by atoms with E-state index in [9.17, 15) is 0 Å². The van der Waals surface area contributed by atoms with Gasteiger partial charge >= 0.3 is 0 Å². The minimum Gasteiger partial charge on any atom is -0.235 e. The first-order chi connectivity index (χ1) is 22.6. The Labute approximate surface area is 304 Å². The lowest BCUT2D eigenvalue weighted by atomic mass is 9.87. The summed E-state index contributed by atoms with van der Waals surface area (Å²) in [5.74, 6) is 2.54. The zero-order valence-electron chi connectivity index (χ0n) is 31.0. The van der Waals surface area contributed by atoms with Gasteiger partial charge in [0.15, 0.2) is 0 Å². The minimum absolute atomic E-state index is 0.114. The fourth-order valence-corrected chi connectivity index (χ4v) is 17.4. The van der Waals surface area contributed by atoms with Crippen LogP contribution in [0.5, 0.6) is 0 Å². The molecule has 0 atom stereocenters. The predicted molar refractivity (Wildman–Crippen MR) is 219 cm³/mol. The summed E-state index contributed by atoms with van der Waals surface area (Å²) >= 11 is 8.16. The van der Waals surface area contributed by atoms with E-state index in [1.807, 2.05) is 22.7 Å². The molecule has 0 fully saturated rings.